The van der Waals surface area contributed by atoms with Gasteiger partial charge in [-0.2, -0.15) is 8.42 Å². The van der Waals surface area contributed by atoms with Crippen LogP contribution >= 0.6 is 23.4 Å². The van der Waals surface area contributed by atoms with Gasteiger partial charge in [0.25, 0.3) is 11.1 Å². The van der Waals surface area contributed by atoms with Crippen molar-refractivity contribution in [2.45, 2.75) is 11.4 Å². The fourth-order valence-corrected chi connectivity index (χ4v) is 4.88. The van der Waals surface area contributed by atoms with E-state index >= 15 is 0 Å². The summed E-state index contributed by atoms with van der Waals surface area (Å²) in [5.74, 6) is -0.855. The van der Waals surface area contributed by atoms with Crippen LogP contribution in [0.3, 0.4) is 0 Å². The molecule has 3 aromatic carbocycles. The second-order valence-corrected chi connectivity index (χ2v) is 9.93. The van der Waals surface area contributed by atoms with Gasteiger partial charge in [-0.3, -0.25) is 14.5 Å². The van der Waals surface area contributed by atoms with E-state index in [4.69, 9.17) is 15.8 Å². The highest BCUT2D eigenvalue weighted by molar-refractivity contribution is 8.18. The van der Waals surface area contributed by atoms with Crippen molar-refractivity contribution in [3.8, 4) is 5.75 Å². The summed E-state index contributed by atoms with van der Waals surface area (Å²) < 4.78 is 43.3. The summed E-state index contributed by atoms with van der Waals surface area (Å²) in [6.45, 7) is 0.0186. The molecule has 33 heavy (non-hydrogen) atoms. The topological polar surface area (TPSA) is 80.8 Å². The first kappa shape index (κ1) is 23.0. The van der Waals surface area contributed by atoms with Crippen molar-refractivity contribution in [3.05, 3.63) is 99.7 Å². The van der Waals surface area contributed by atoms with Gasteiger partial charge in [-0.25, -0.2) is 4.39 Å². The molecule has 0 aromatic heterocycles. The maximum atomic E-state index is 13.1. The van der Waals surface area contributed by atoms with Crippen LogP contribution in [0.4, 0.5) is 9.18 Å². The second-order valence-electron chi connectivity index (χ2n) is 6.96. The van der Waals surface area contributed by atoms with Crippen molar-refractivity contribution in [3.63, 3.8) is 0 Å². The van der Waals surface area contributed by atoms with Crippen molar-refractivity contribution >= 4 is 50.7 Å². The molecule has 0 bridgehead atoms. The number of halogens is 2. The minimum Gasteiger partial charge on any atom is -0.379 e. The monoisotopic (exact) mass is 503 g/mol. The molecule has 0 radical (unpaired) electrons. The van der Waals surface area contributed by atoms with E-state index < -0.39 is 27.1 Å². The van der Waals surface area contributed by atoms with Crippen LogP contribution in [0.5, 0.6) is 5.75 Å². The van der Waals surface area contributed by atoms with Gasteiger partial charge in [-0.05, 0) is 77.5 Å². The Morgan fingerprint density at radius 1 is 1.00 bits per heavy atom. The van der Waals surface area contributed by atoms with Crippen LogP contribution < -0.4 is 4.18 Å². The molecule has 0 aliphatic carbocycles. The van der Waals surface area contributed by atoms with Crippen LogP contribution in [0.15, 0.2) is 82.6 Å². The summed E-state index contributed by atoms with van der Waals surface area (Å²) in [6, 6.07) is 17.2. The van der Waals surface area contributed by atoms with E-state index in [1.165, 1.54) is 66.7 Å². The first-order valence-corrected chi connectivity index (χ1v) is 12.1. The lowest BCUT2D eigenvalue weighted by atomic mass is 10.2. The van der Waals surface area contributed by atoms with E-state index in [9.17, 15) is 22.4 Å². The summed E-state index contributed by atoms with van der Waals surface area (Å²) in [6.07, 6.45) is 1.48. The molecule has 0 N–H and O–H groups in total. The van der Waals surface area contributed by atoms with Gasteiger partial charge in [0.05, 0.1) is 11.4 Å². The molecule has 0 spiro atoms. The SMILES string of the molecule is O=C1S/C(=C\c2cccc(OS(=O)(=O)c3ccc(Cl)cc3)c2)C(=O)N1Cc1ccc(F)cc1. The molecule has 1 saturated heterocycles. The number of hydrogen-bond donors (Lipinski definition) is 0. The Bertz CT molecular complexity index is 1360. The third-order valence-corrected chi connectivity index (χ3v) is 7.01. The molecule has 0 saturated carbocycles. The van der Waals surface area contributed by atoms with Crippen molar-refractivity contribution in [1.82, 2.24) is 4.90 Å². The normalized spacial score (nSPS) is 15.3. The lowest BCUT2D eigenvalue weighted by Gasteiger charge is -2.12. The maximum absolute atomic E-state index is 13.1. The number of carbonyl (C=O) groups is 2. The van der Waals surface area contributed by atoms with Crippen LogP contribution in [-0.2, 0) is 21.5 Å². The Hall–Kier alpha value is -3.14. The summed E-state index contributed by atoms with van der Waals surface area (Å²) in [5, 5.41) is -0.0578. The summed E-state index contributed by atoms with van der Waals surface area (Å²) >= 11 is 6.56. The molecule has 1 aliphatic heterocycles. The average molecular weight is 504 g/mol. The molecule has 1 aliphatic rings. The third kappa shape index (κ3) is 5.44. The van der Waals surface area contributed by atoms with Gasteiger partial charge in [0, 0.05) is 5.02 Å². The molecule has 0 unspecified atom stereocenters. The fraction of sp³-hybridized carbons (Fsp3) is 0.0435. The lowest BCUT2D eigenvalue weighted by Crippen LogP contribution is -2.27. The third-order valence-electron chi connectivity index (χ3n) is 4.59. The zero-order valence-electron chi connectivity index (χ0n) is 16.8. The minimum atomic E-state index is -4.08. The molecule has 3 aromatic rings. The van der Waals surface area contributed by atoms with E-state index in [1.54, 1.807) is 12.1 Å². The molecule has 6 nitrogen and oxygen atoms in total. The second kappa shape index (κ2) is 9.38. The van der Waals surface area contributed by atoms with E-state index in [2.05, 4.69) is 0 Å². The minimum absolute atomic E-state index is 0.0186. The van der Waals surface area contributed by atoms with Gasteiger partial charge in [-0.15, -0.1) is 0 Å². The molecule has 2 amide bonds. The zero-order valence-corrected chi connectivity index (χ0v) is 19.2. The average Bonchev–Trinajstić information content (AvgIpc) is 3.03. The Labute approximate surface area is 198 Å². The van der Waals surface area contributed by atoms with Gasteiger partial charge >= 0.3 is 10.1 Å². The first-order valence-electron chi connectivity index (χ1n) is 9.51. The predicted octanol–water partition coefficient (Wildman–Crippen LogP) is 5.48. The molecule has 1 fully saturated rings. The van der Waals surface area contributed by atoms with E-state index in [0.29, 0.717) is 16.1 Å². The van der Waals surface area contributed by atoms with Gasteiger partial charge in [0.1, 0.15) is 16.5 Å². The number of nitrogens with zero attached hydrogens (tertiary/aromatic N) is 1. The van der Waals surface area contributed by atoms with Crippen LogP contribution in [0.2, 0.25) is 5.02 Å². The van der Waals surface area contributed by atoms with Crippen molar-refractivity contribution in [2.75, 3.05) is 0 Å². The molecule has 10 heteroatoms. The number of imide groups is 1. The highest BCUT2D eigenvalue weighted by atomic mass is 35.5. The number of hydrogen-bond acceptors (Lipinski definition) is 6. The standard InChI is InChI=1S/C23H15ClFNO5S2/c24-17-6-10-20(11-7-17)33(29,30)31-19-3-1-2-16(12-19)13-21-22(27)26(23(28)32-21)14-15-4-8-18(25)9-5-15/h1-13H,14H2/b21-13-. The van der Waals surface area contributed by atoms with Crippen molar-refractivity contribution < 1.29 is 26.6 Å². The Morgan fingerprint density at radius 2 is 1.70 bits per heavy atom. The van der Waals surface area contributed by atoms with Gasteiger partial charge in [0.15, 0.2) is 0 Å². The number of carbonyl (C=O) groups excluding carboxylic acids is 2. The van der Waals surface area contributed by atoms with Gasteiger partial charge < -0.3 is 4.18 Å². The van der Waals surface area contributed by atoms with Gasteiger partial charge in [-0.1, -0.05) is 35.9 Å². The summed E-state index contributed by atoms with van der Waals surface area (Å²) in [7, 11) is -4.08. The Morgan fingerprint density at radius 3 is 2.39 bits per heavy atom. The lowest BCUT2D eigenvalue weighted by molar-refractivity contribution is -0.123. The van der Waals surface area contributed by atoms with Crippen LogP contribution in [0.25, 0.3) is 6.08 Å². The highest BCUT2D eigenvalue weighted by Gasteiger charge is 2.35. The number of thioether (sulfide) groups is 1. The van der Waals surface area contributed by atoms with E-state index in [1.807, 2.05) is 0 Å². The molecule has 0 atom stereocenters. The Kier molecular flexibility index (Phi) is 6.55. The largest absolute Gasteiger partial charge is 0.379 e. The molecular formula is C23H15ClFNO5S2. The van der Waals surface area contributed by atoms with E-state index in [-0.39, 0.29) is 22.1 Å². The smallest absolute Gasteiger partial charge is 0.339 e. The number of amides is 2. The van der Waals surface area contributed by atoms with Crippen LogP contribution in [-0.4, -0.2) is 24.5 Å². The molecule has 4 rings (SSSR count). The van der Waals surface area contributed by atoms with Crippen molar-refractivity contribution in [2.24, 2.45) is 0 Å². The zero-order chi connectivity index (χ0) is 23.6. The van der Waals surface area contributed by atoms with Crippen LogP contribution in [0.1, 0.15) is 11.1 Å². The molecular weight excluding hydrogens is 489 g/mol. The predicted molar refractivity (Wildman–Crippen MR) is 124 cm³/mol. The molecule has 1 heterocycles. The van der Waals surface area contributed by atoms with Crippen LogP contribution in [0, 0.1) is 5.82 Å². The van der Waals surface area contributed by atoms with Crippen molar-refractivity contribution in [1.29, 1.82) is 0 Å². The molecule has 168 valence electrons. The quantitative estimate of drug-likeness (QED) is 0.327. The number of benzene rings is 3. The number of rotatable bonds is 6. The Balaban J connectivity index is 1.52. The summed E-state index contributed by atoms with van der Waals surface area (Å²) in [5.41, 5.74) is 1.09. The van der Waals surface area contributed by atoms with Gasteiger partial charge in [0.2, 0.25) is 0 Å². The first-order chi connectivity index (χ1) is 15.7. The highest BCUT2D eigenvalue weighted by Crippen LogP contribution is 2.34. The fourth-order valence-electron chi connectivity index (χ4n) is 2.99. The summed E-state index contributed by atoms with van der Waals surface area (Å²) in [4.78, 5) is 26.2. The van der Waals surface area contributed by atoms with E-state index in [0.717, 1.165) is 16.7 Å². The maximum Gasteiger partial charge on any atom is 0.339 e.